The maximum atomic E-state index is 13.4. The van der Waals surface area contributed by atoms with Crippen LogP contribution in [0.1, 0.15) is 5.56 Å². The molecule has 0 fully saturated rings. The van der Waals surface area contributed by atoms with Crippen LogP contribution in [0, 0.1) is 5.82 Å². The van der Waals surface area contributed by atoms with Crippen LogP contribution < -0.4 is 9.21 Å². The molecule has 6 nitrogen and oxygen atoms in total. The molecule has 0 unspecified atom stereocenters. The quantitative estimate of drug-likeness (QED) is 0.451. The summed E-state index contributed by atoms with van der Waals surface area (Å²) in [7, 11) is -3.90. The second kappa shape index (κ2) is 7.47. The summed E-state index contributed by atoms with van der Waals surface area (Å²) >= 11 is 5.93. The number of sulfonamides is 1. The summed E-state index contributed by atoms with van der Waals surface area (Å²) in [6.07, 6.45) is 0. The van der Waals surface area contributed by atoms with Crippen LogP contribution in [0.15, 0.2) is 77.7 Å². The summed E-state index contributed by atoms with van der Waals surface area (Å²) in [5.74, 6) is 0.389. The van der Waals surface area contributed by atoms with E-state index >= 15 is 0 Å². The molecule has 1 aliphatic rings. The van der Waals surface area contributed by atoms with Gasteiger partial charge in [-0.1, -0.05) is 35.9 Å². The molecular weight excluding hydrogens is 439 g/mol. The predicted molar refractivity (Wildman–Crippen MR) is 118 cm³/mol. The molecule has 3 aromatic carbocycles. The van der Waals surface area contributed by atoms with Crippen molar-refractivity contribution in [2.24, 2.45) is 0 Å². The van der Waals surface area contributed by atoms with Gasteiger partial charge in [0.15, 0.2) is 11.6 Å². The molecule has 0 bridgehead atoms. The number of para-hydroxylation sites is 2. The smallest absolute Gasteiger partial charge is 0.267 e. The number of halogens is 2. The first-order valence-corrected chi connectivity index (χ1v) is 11.3. The average Bonchev–Trinajstić information content (AvgIpc) is 3.12. The van der Waals surface area contributed by atoms with Crippen molar-refractivity contribution in [2.45, 2.75) is 11.4 Å². The van der Waals surface area contributed by atoms with Gasteiger partial charge in [0.2, 0.25) is 0 Å². The Labute approximate surface area is 183 Å². The van der Waals surface area contributed by atoms with E-state index in [1.54, 1.807) is 18.2 Å². The summed E-state index contributed by atoms with van der Waals surface area (Å²) in [5, 5.41) is 0.449. The summed E-state index contributed by atoms with van der Waals surface area (Å²) < 4.78 is 41.4. The standard InChI is InChI=1S/C22H16ClFN4O2S/c23-16-7-11-18(12-8-16)31(29,30)28-14-27(13-15-5-9-17(24)10-6-15)21-22(28)26-20-4-2-1-3-19(20)25-21/h1-12H,13-14H2. The summed E-state index contributed by atoms with van der Waals surface area (Å²) in [4.78, 5) is 11.2. The molecule has 2 heterocycles. The van der Waals surface area contributed by atoms with Crippen molar-refractivity contribution in [2.75, 3.05) is 15.9 Å². The third-order valence-corrected chi connectivity index (χ3v) is 7.05. The Bertz CT molecular complexity index is 1380. The SMILES string of the molecule is O=S(=O)(c1ccc(Cl)cc1)N1CN(Cc2ccc(F)cc2)c2nc3ccccc3nc21. The number of nitrogens with zero attached hydrogens (tertiary/aromatic N) is 4. The van der Waals surface area contributed by atoms with Gasteiger partial charge >= 0.3 is 0 Å². The first-order chi connectivity index (χ1) is 14.9. The average molecular weight is 455 g/mol. The highest BCUT2D eigenvalue weighted by Gasteiger charge is 2.38. The van der Waals surface area contributed by atoms with Crippen molar-refractivity contribution >= 4 is 44.3 Å². The Kier molecular flexibility index (Phi) is 4.75. The van der Waals surface area contributed by atoms with E-state index in [-0.39, 0.29) is 23.2 Å². The Morgan fingerprint density at radius 2 is 1.48 bits per heavy atom. The van der Waals surface area contributed by atoms with Gasteiger partial charge in [-0.25, -0.2) is 27.1 Å². The van der Waals surface area contributed by atoms with Gasteiger partial charge in [0.1, 0.15) is 12.5 Å². The molecule has 0 atom stereocenters. The lowest BCUT2D eigenvalue weighted by atomic mass is 10.2. The topological polar surface area (TPSA) is 66.4 Å². The number of benzene rings is 3. The molecular formula is C22H16ClFN4O2S. The minimum atomic E-state index is -3.90. The van der Waals surface area contributed by atoms with Gasteiger partial charge in [0.05, 0.1) is 15.9 Å². The molecule has 0 spiro atoms. The molecule has 0 N–H and O–H groups in total. The number of anilines is 2. The molecule has 1 aromatic heterocycles. The lowest BCUT2D eigenvalue weighted by Crippen LogP contribution is -2.35. The van der Waals surface area contributed by atoms with Crippen LogP contribution in [0.4, 0.5) is 16.0 Å². The van der Waals surface area contributed by atoms with E-state index in [0.29, 0.717) is 28.4 Å². The van der Waals surface area contributed by atoms with Crippen LogP contribution in [-0.4, -0.2) is 25.1 Å². The van der Waals surface area contributed by atoms with E-state index in [9.17, 15) is 12.8 Å². The van der Waals surface area contributed by atoms with Gasteiger partial charge < -0.3 is 4.90 Å². The molecule has 4 aromatic rings. The van der Waals surface area contributed by atoms with E-state index in [1.807, 2.05) is 23.1 Å². The van der Waals surface area contributed by atoms with Crippen molar-refractivity contribution in [3.05, 3.63) is 89.2 Å². The van der Waals surface area contributed by atoms with Crippen LogP contribution in [-0.2, 0) is 16.6 Å². The fourth-order valence-electron chi connectivity index (χ4n) is 3.51. The highest BCUT2D eigenvalue weighted by atomic mass is 35.5. The van der Waals surface area contributed by atoms with Crippen molar-refractivity contribution < 1.29 is 12.8 Å². The first kappa shape index (κ1) is 19.7. The summed E-state index contributed by atoms with van der Waals surface area (Å²) in [5.41, 5.74) is 2.09. The molecule has 5 rings (SSSR count). The minimum absolute atomic E-state index is 0.0357. The van der Waals surface area contributed by atoms with Crippen molar-refractivity contribution in [3.8, 4) is 0 Å². The molecule has 0 saturated carbocycles. The molecule has 0 aliphatic carbocycles. The second-order valence-electron chi connectivity index (χ2n) is 7.13. The van der Waals surface area contributed by atoms with E-state index in [2.05, 4.69) is 9.97 Å². The van der Waals surface area contributed by atoms with E-state index in [1.165, 1.54) is 40.7 Å². The molecule has 0 saturated heterocycles. The van der Waals surface area contributed by atoms with E-state index in [4.69, 9.17) is 11.6 Å². The number of fused-ring (bicyclic) bond motifs is 2. The molecule has 1 aliphatic heterocycles. The third-order valence-electron chi connectivity index (χ3n) is 5.06. The number of hydrogen-bond acceptors (Lipinski definition) is 5. The first-order valence-electron chi connectivity index (χ1n) is 9.46. The Hall–Kier alpha value is -3.23. The fraction of sp³-hybridized carbons (Fsp3) is 0.0909. The molecule has 0 amide bonds. The predicted octanol–water partition coefficient (Wildman–Crippen LogP) is 4.60. The maximum absolute atomic E-state index is 13.4. The van der Waals surface area contributed by atoms with Crippen LogP contribution in [0.2, 0.25) is 5.02 Å². The van der Waals surface area contributed by atoms with E-state index < -0.39 is 10.0 Å². The van der Waals surface area contributed by atoms with Crippen LogP contribution in [0.25, 0.3) is 11.0 Å². The van der Waals surface area contributed by atoms with Gasteiger partial charge in [-0.15, -0.1) is 0 Å². The lowest BCUT2D eigenvalue weighted by Gasteiger charge is -2.20. The van der Waals surface area contributed by atoms with Crippen LogP contribution >= 0.6 is 11.6 Å². The van der Waals surface area contributed by atoms with E-state index in [0.717, 1.165) is 5.56 Å². The summed E-state index contributed by atoms with van der Waals surface area (Å²) in [6, 6.07) is 19.4. The normalized spacial score (nSPS) is 13.6. The largest absolute Gasteiger partial charge is 0.330 e. The zero-order valence-corrected chi connectivity index (χ0v) is 17.7. The van der Waals surface area contributed by atoms with Crippen molar-refractivity contribution in [3.63, 3.8) is 0 Å². The maximum Gasteiger partial charge on any atom is 0.267 e. The highest BCUT2D eigenvalue weighted by Crippen LogP contribution is 2.38. The number of hydrogen-bond donors (Lipinski definition) is 0. The highest BCUT2D eigenvalue weighted by molar-refractivity contribution is 7.92. The van der Waals surface area contributed by atoms with Gasteiger partial charge in [-0.3, -0.25) is 0 Å². The zero-order valence-electron chi connectivity index (χ0n) is 16.1. The Morgan fingerprint density at radius 1 is 0.871 bits per heavy atom. The van der Waals surface area contributed by atoms with Crippen molar-refractivity contribution in [1.29, 1.82) is 0 Å². The molecule has 31 heavy (non-hydrogen) atoms. The fourth-order valence-corrected chi connectivity index (χ4v) is 5.01. The van der Waals surface area contributed by atoms with Gasteiger partial charge in [0.25, 0.3) is 10.0 Å². The second-order valence-corrected chi connectivity index (χ2v) is 9.43. The lowest BCUT2D eigenvalue weighted by molar-refractivity contribution is 0.590. The van der Waals surface area contributed by atoms with Gasteiger partial charge in [0, 0.05) is 11.6 Å². The van der Waals surface area contributed by atoms with Crippen molar-refractivity contribution in [1.82, 2.24) is 9.97 Å². The van der Waals surface area contributed by atoms with Gasteiger partial charge in [-0.2, -0.15) is 0 Å². The number of rotatable bonds is 4. The molecule has 156 valence electrons. The number of aromatic nitrogens is 2. The zero-order chi connectivity index (χ0) is 21.6. The van der Waals surface area contributed by atoms with Crippen LogP contribution in [0.3, 0.4) is 0 Å². The monoisotopic (exact) mass is 454 g/mol. The van der Waals surface area contributed by atoms with Crippen LogP contribution in [0.5, 0.6) is 0 Å². The minimum Gasteiger partial charge on any atom is -0.330 e. The Balaban J connectivity index is 1.61. The Morgan fingerprint density at radius 3 is 2.13 bits per heavy atom. The molecule has 0 radical (unpaired) electrons. The summed E-state index contributed by atoms with van der Waals surface area (Å²) in [6.45, 7) is 0.390. The third kappa shape index (κ3) is 3.58. The van der Waals surface area contributed by atoms with Gasteiger partial charge in [-0.05, 0) is 54.1 Å². The molecule has 9 heteroatoms.